The zero-order chi connectivity index (χ0) is 25.5. The number of aryl methyl sites for hydroxylation is 3. The maximum Gasteiger partial charge on any atom is 0.273 e. The molecule has 2 aromatic heterocycles. The molecule has 2 heterocycles. The summed E-state index contributed by atoms with van der Waals surface area (Å²) in [6, 6.07) is 21.8. The fourth-order valence-corrected chi connectivity index (χ4v) is 3.79. The van der Waals surface area contributed by atoms with Crippen LogP contribution in [0.15, 0.2) is 85.6 Å². The fourth-order valence-electron chi connectivity index (χ4n) is 3.79. The Labute approximate surface area is 209 Å². The number of fused-ring (bicyclic) bond motifs is 1. The van der Waals surface area contributed by atoms with Crippen molar-refractivity contribution in [2.24, 2.45) is 7.05 Å². The van der Waals surface area contributed by atoms with Gasteiger partial charge in [0.1, 0.15) is 5.69 Å². The molecule has 0 atom stereocenters. The highest BCUT2D eigenvalue weighted by atomic mass is 16.2. The van der Waals surface area contributed by atoms with Crippen molar-refractivity contribution in [3.63, 3.8) is 0 Å². The third-order valence-electron chi connectivity index (χ3n) is 5.72. The summed E-state index contributed by atoms with van der Waals surface area (Å²) in [7, 11) is 1.80. The van der Waals surface area contributed by atoms with Crippen molar-refractivity contribution in [1.29, 1.82) is 0 Å². The first-order valence-electron chi connectivity index (χ1n) is 11.5. The molecule has 0 aliphatic rings. The average Bonchev–Trinajstić information content (AvgIpc) is 3.49. The first-order valence-corrected chi connectivity index (χ1v) is 11.5. The second-order valence-corrected chi connectivity index (χ2v) is 8.49. The van der Waals surface area contributed by atoms with Gasteiger partial charge in [-0.3, -0.25) is 9.59 Å². The van der Waals surface area contributed by atoms with Gasteiger partial charge in [-0.05, 0) is 60.9 Å². The van der Waals surface area contributed by atoms with Gasteiger partial charge in [-0.25, -0.2) is 9.97 Å². The SMILES string of the molecule is Cc1ccc(C)c(NC(=O)c2cncn2C)c1.O=CNc1cccc(Cn2cnc3ccccc32)c1. The highest BCUT2D eigenvalue weighted by molar-refractivity contribution is 6.03. The number of carbonyl (C=O) groups is 2. The van der Waals surface area contributed by atoms with E-state index in [2.05, 4.69) is 31.2 Å². The largest absolute Gasteiger partial charge is 0.330 e. The van der Waals surface area contributed by atoms with E-state index in [0.29, 0.717) is 12.1 Å². The number of nitrogens with one attached hydrogen (secondary N) is 2. The van der Waals surface area contributed by atoms with E-state index in [1.54, 1.807) is 24.1 Å². The van der Waals surface area contributed by atoms with Gasteiger partial charge in [-0.15, -0.1) is 0 Å². The Kier molecular flexibility index (Phi) is 7.55. The minimum atomic E-state index is -0.140. The van der Waals surface area contributed by atoms with Crippen LogP contribution in [0.2, 0.25) is 0 Å². The van der Waals surface area contributed by atoms with Crippen LogP contribution in [0.1, 0.15) is 27.2 Å². The van der Waals surface area contributed by atoms with Gasteiger partial charge in [0, 0.05) is 25.0 Å². The van der Waals surface area contributed by atoms with Gasteiger partial charge in [-0.1, -0.05) is 36.4 Å². The minimum Gasteiger partial charge on any atom is -0.330 e. The normalized spacial score (nSPS) is 10.4. The number of carbonyl (C=O) groups excluding carboxylic acids is 2. The molecule has 0 fully saturated rings. The number of benzene rings is 3. The van der Waals surface area contributed by atoms with E-state index >= 15 is 0 Å². The molecule has 0 radical (unpaired) electrons. The van der Waals surface area contributed by atoms with E-state index in [-0.39, 0.29) is 5.91 Å². The molecule has 2 N–H and O–H groups in total. The van der Waals surface area contributed by atoms with Crippen LogP contribution in [0.25, 0.3) is 11.0 Å². The lowest BCUT2D eigenvalue weighted by atomic mass is 10.1. The Balaban J connectivity index is 0.000000170. The fraction of sp³-hybridized carbons (Fsp3) is 0.143. The molecule has 36 heavy (non-hydrogen) atoms. The lowest BCUT2D eigenvalue weighted by Gasteiger charge is -2.09. The van der Waals surface area contributed by atoms with Crippen molar-refractivity contribution in [2.45, 2.75) is 20.4 Å². The van der Waals surface area contributed by atoms with Crippen LogP contribution >= 0.6 is 0 Å². The predicted octanol–water partition coefficient (Wildman–Crippen LogP) is 4.94. The van der Waals surface area contributed by atoms with Gasteiger partial charge in [0.2, 0.25) is 6.41 Å². The second kappa shape index (κ2) is 11.1. The predicted molar refractivity (Wildman–Crippen MR) is 142 cm³/mol. The molecule has 0 spiro atoms. The van der Waals surface area contributed by atoms with E-state index in [4.69, 9.17) is 0 Å². The van der Waals surface area contributed by atoms with Crippen molar-refractivity contribution in [3.8, 4) is 0 Å². The molecule has 0 saturated carbocycles. The molecule has 182 valence electrons. The summed E-state index contributed by atoms with van der Waals surface area (Å²) < 4.78 is 3.79. The van der Waals surface area contributed by atoms with Crippen LogP contribution in [-0.2, 0) is 18.4 Å². The van der Waals surface area contributed by atoms with Gasteiger partial charge >= 0.3 is 0 Å². The van der Waals surface area contributed by atoms with Crippen molar-refractivity contribution < 1.29 is 9.59 Å². The number of nitrogens with zero attached hydrogens (tertiary/aromatic N) is 4. The molecule has 5 rings (SSSR count). The third kappa shape index (κ3) is 5.85. The highest BCUT2D eigenvalue weighted by Crippen LogP contribution is 2.18. The Morgan fingerprint density at radius 1 is 1.00 bits per heavy atom. The number of para-hydroxylation sites is 2. The van der Waals surface area contributed by atoms with E-state index < -0.39 is 0 Å². The molecule has 0 bridgehead atoms. The zero-order valence-corrected chi connectivity index (χ0v) is 20.5. The first-order chi connectivity index (χ1) is 17.4. The number of rotatable bonds is 6. The van der Waals surface area contributed by atoms with Gasteiger partial charge < -0.3 is 19.8 Å². The number of amides is 2. The van der Waals surface area contributed by atoms with E-state index in [1.807, 2.05) is 80.8 Å². The van der Waals surface area contributed by atoms with Crippen molar-refractivity contribution >= 4 is 34.7 Å². The van der Waals surface area contributed by atoms with Gasteiger partial charge in [0.25, 0.3) is 5.91 Å². The molecule has 2 amide bonds. The van der Waals surface area contributed by atoms with Gasteiger partial charge in [0.15, 0.2) is 0 Å². The smallest absolute Gasteiger partial charge is 0.273 e. The molecule has 0 unspecified atom stereocenters. The standard InChI is InChI=1S/C15H13N3O.C13H15N3O/c19-11-17-13-5-3-4-12(8-13)9-18-10-16-14-6-1-2-7-15(14)18;1-9-4-5-10(2)11(6-9)15-13(17)12-7-14-8-16(12)3/h1-8,10-11H,9H2,(H,17,19);4-8H,1-3H3,(H,15,17). The molecule has 8 heteroatoms. The van der Waals surface area contributed by atoms with Crippen LogP contribution in [-0.4, -0.2) is 31.4 Å². The number of hydrogen-bond acceptors (Lipinski definition) is 4. The summed E-state index contributed by atoms with van der Waals surface area (Å²) in [5.74, 6) is -0.140. The Hall–Kier alpha value is -4.72. The van der Waals surface area contributed by atoms with Crippen molar-refractivity contribution in [2.75, 3.05) is 10.6 Å². The number of imidazole rings is 2. The summed E-state index contributed by atoms with van der Waals surface area (Å²) >= 11 is 0. The molecule has 8 nitrogen and oxygen atoms in total. The Morgan fingerprint density at radius 2 is 1.83 bits per heavy atom. The Bertz CT molecular complexity index is 1500. The molecular weight excluding hydrogens is 452 g/mol. The molecule has 0 saturated heterocycles. The third-order valence-corrected chi connectivity index (χ3v) is 5.72. The lowest BCUT2D eigenvalue weighted by molar-refractivity contribution is -0.105. The first kappa shape index (κ1) is 24.4. The Morgan fingerprint density at radius 3 is 2.61 bits per heavy atom. The van der Waals surface area contributed by atoms with Crippen LogP contribution in [0, 0.1) is 13.8 Å². The highest BCUT2D eigenvalue weighted by Gasteiger charge is 2.11. The van der Waals surface area contributed by atoms with Gasteiger partial charge in [0.05, 0.1) is 29.9 Å². The second-order valence-electron chi connectivity index (χ2n) is 8.49. The van der Waals surface area contributed by atoms with E-state index in [0.717, 1.165) is 45.6 Å². The lowest BCUT2D eigenvalue weighted by Crippen LogP contribution is -2.16. The molecular formula is C28H28N6O2. The van der Waals surface area contributed by atoms with Gasteiger partial charge in [-0.2, -0.15) is 0 Å². The summed E-state index contributed by atoms with van der Waals surface area (Å²) in [4.78, 5) is 30.7. The summed E-state index contributed by atoms with van der Waals surface area (Å²) in [5, 5.41) is 5.55. The van der Waals surface area contributed by atoms with E-state index in [1.165, 1.54) is 0 Å². The number of hydrogen-bond donors (Lipinski definition) is 2. The quantitative estimate of drug-likeness (QED) is 0.337. The average molecular weight is 481 g/mol. The summed E-state index contributed by atoms with van der Waals surface area (Å²) in [6.45, 7) is 4.70. The number of anilines is 2. The molecule has 3 aromatic carbocycles. The molecule has 0 aliphatic carbocycles. The van der Waals surface area contributed by atoms with Crippen molar-refractivity contribution in [3.05, 3.63) is 108 Å². The zero-order valence-electron chi connectivity index (χ0n) is 20.5. The van der Waals surface area contributed by atoms with Crippen LogP contribution in [0.5, 0.6) is 0 Å². The molecule has 0 aliphatic heterocycles. The maximum atomic E-state index is 12.0. The summed E-state index contributed by atoms with van der Waals surface area (Å²) in [6.07, 6.45) is 5.69. The maximum absolute atomic E-state index is 12.0. The summed E-state index contributed by atoms with van der Waals surface area (Å²) in [5.41, 5.74) is 7.58. The van der Waals surface area contributed by atoms with Crippen molar-refractivity contribution in [1.82, 2.24) is 19.1 Å². The van der Waals surface area contributed by atoms with E-state index in [9.17, 15) is 9.59 Å². The van der Waals surface area contributed by atoms with Crippen LogP contribution in [0.4, 0.5) is 11.4 Å². The number of aromatic nitrogens is 4. The van der Waals surface area contributed by atoms with Crippen LogP contribution < -0.4 is 10.6 Å². The minimum absolute atomic E-state index is 0.140. The van der Waals surface area contributed by atoms with Crippen LogP contribution in [0.3, 0.4) is 0 Å². The monoisotopic (exact) mass is 480 g/mol. The topological polar surface area (TPSA) is 93.8 Å². The molecule has 5 aromatic rings.